The highest BCUT2D eigenvalue weighted by atomic mass is 32.1. The van der Waals surface area contributed by atoms with Crippen LogP contribution in [0.25, 0.3) is 22.6 Å². The molecule has 9 heteroatoms. The van der Waals surface area contributed by atoms with Crippen LogP contribution in [0.5, 0.6) is 0 Å². The van der Waals surface area contributed by atoms with E-state index in [0.29, 0.717) is 47.4 Å². The van der Waals surface area contributed by atoms with Crippen LogP contribution >= 0.6 is 11.3 Å². The number of carbonyl (C=O) groups excluding carboxylic acids is 1. The standard InChI is InChI=1S/C21H18FN5O2S/c1-13-10-14(7-8-16(13)22)17-12-30-21(24-17)25-18(28)5-2-6-19-26-20(27-29-19)15-4-3-9-23-11-15/h3-4,7-12H,2,5-6H2,1H3,(H,24,25,28). The van der Waals surface area contributed by atoms with E-state index in [1.165, 1.54) is 17.4 Å². The number of pyridine rings is 1. The minimum Gasteiger partial charge on any atom is -0.339 e. The Morgan fingerprint density at radius 3 is 2.93 bits per heavy atom. The number of aromatic nitrogens is 4. The molecular formula is C21H18FN5O2S. The molecule has 1 N–H and O–H groups in total. The van der Waals surface area contributed by atoms with Gasteiger partial charge in [-0.1, -0.05) is 5.16 Å². The van der Waals surface area contributed by atoms with Gasteiger partial charge in [0.05, 0.1) is 5.69 Å². The Kier molecular flexibility index (Phi) is 5.89. The van der Waals surface area contributed by atoms with Crippen molar-refractivity contribution in [3.63, 3.8) is 0 Å². The molecular weight excluding hydrogens is 405 g/mol. The van der Waals surface area contributed by atoms with Crippen LogP contribution in [0.3, 0.4) is 0 Å². The molecule has 0 saturated heterocycles. The molecule has 0 radical (unpaired) electrons. The van der Waals surface area contributed by atoms with Gasteiger partial charge in [-0.15, -0.1) is 11.3 Å². The molecule has 0 bridgehead atoms. The van der Waals surface area contributed by atoms with E-state index < -0.39 is 0 Å². The number of halogens is 1. The summed E-state index contributed by atoms with van der Waals surface area (Å²) in [4.78, 5) is 25.0. The summed E-state index contributed by atoms with van der Waals surface area (Å²) in [7, 11) is 0. The van der Waals surface area contributed by atoms with Crippen LogP contribution in [0.1, 0.15) is 24.3 Å². The predicted molar refractivity (Wildman–Crippen MR) is 111 cm³/mol. The number of thiazole rings is 1. The first-order valence-corrected chi connectivity index (χ1v) is 10.2. The van der Waals surface area contributed by atoms with E-state index in [4.69, 9.17) is 4.52 Å². The third kappa shape index (κ3) is 4.74. The molecule has 3 heterocycles. The van der Waals surface area contributed by atoms with Crippen LogP contribution in [0, 0.1) is 12.7 Å². The van der Waals surface area contributed by atoms with Crippen molar-refractivity contribution in [3.05, 3.63) is 65.4 Å². The lowest BCUT2D eigenvalue weighted by Crippen LogP contribution is -2.11. The van der Waals surface area contributed by atoms with Gasteiger partial charge < -0.3 is 9.84 Å². The third-order valence-electron chi connectivity index (χ3n) is 4.39. The normalized spacial score (nSPS) is 10.9. The number of amides is 1. The first-order chi connectivity index (χ1) is 14.6. The molecule has 3 aromatic heterocycles. The van der Waals surface area contributed by atoms with Crippen molar-refractivity contribution in [2.24, 2.45) is 0 Å². The zero-order chi connectivity index (χ0) is 20.9. The van der Waals surface area contributed by atoms with Gasteiger partial charge in [0.25, 0.3) is 0 Å². The summed E-state index contributed by atoms with van der Waals surface area (Å²) in [5.41, 5.74) is 2.85. The first-order valence-electron chi connectivity index (χ1n) is 9.33. The van der Waals surface area contributed by atoms with Gasteiger partial charge in [0.15, 0.2) is 5.13 Å². The second kappa shape index (κ2) is 8.91. The van der Waals surface area contributed by atoms with Crippen molar-refractivity contribution in [2.45, 2.75) is 26.2 Å². The second-order valence-electron chi connectivity index (χ2n) is 6.66. The Bertz CT molecular complexity index is 1160. The molecule has 1 aromatic carbocycles. The quantitative estimate of drug-likeness (QED) is 0.464. The molecule has 0 spiro atoms. The molecule has 4 rings (SSSR count). The van der Waals surface area contributed by atoms with Crippen LogP contribution in [0.2, 0.25) is 0 Å². The molecule has 0 aliphatic rings. The van der Waals surface area contributed by atoms with Crippen molar-refractivity contribution >= 4 is 22.4 Å². The minimum atomic E-state index is -0.253. The molecule has 0 unspecified atom stereocenters. The lowest BCUT2D eigenvalue weighted by molar-refractivity contribution is -0.116. The molecule has 0 saturated carbocycles. The molecule has 0 atom stereocenters. The Balaban J connectivity index is 1.28. The van der Waals surface area contributed by atoms with Gasteiger partial charge in [0.2, 0.25) is 17.6 Å². The molecule has 0 aliphatic heterocycles. The van der Waals surface area contributed by atoms with Crippen molar-refractivity contribution in [1.29, 1.82) is 0 Å². The van der Waals surface area contributed by atoms with E-state index >= 15 is 0 Å². The minimum absolute atomic E-state index is 0.141. The fourth-order valence-corrected chi connectivity index (χ4v) is 3.55. The molecule has 1 amide bonds. The van der Waals surface area contributed by atoms with Crippen LogP contribution in [0.15, 0.2) is 52.6 Å². The van der Waals surface area contributed by atoms with Crippen LogP contribution in [-0.2, 0) is 11.2 Å². The summed E-state index contributed by atoms with van der Waals surface area (Å²) in [6.07, 6.45) is 4.70. The number of nitrogens with one attached hydrogen (secondary N) is 1. The Morgan fingerprint density at radius 1 is 1.23 bits per heavy atom. The van der Waals surface area contributed by atoms with Gasteiger partial charge in [-0.25, -0.2) is 9.37 Å². The Hall–Kier alpha value is -3.46. The number of nitrogens with zero attached hydrogens (tertiary/aromatic N) is 4. The summed E-state index contributed by atoms with van der Waals surface area (Å²) in [5, 5.41) is 9.07. The van der Waals surface area contributed by atoms with Gasteiger partial charge in [0.1, 0.15) is 5.82 Å². The van der Waals surface area contributed by atoms with E-state index in [1.807, 2.05) is 11.4 Å². The summed E-state index contributed by atoms with van der Waals surface area (Å²) >= 11 is 1.33. The van der Waals surface area contributed by atoms with Crippen LogP contribution < -0.4 is 5.32 Å². The Labute approximate surface area is 176 Å². The number of carbonyl (C=O) groups is 1. The third-order valence-corrected chi connectivity index (χ3v) is 5.14. The van der Waals surface area contributed by atoms with E-state index in [9.17, 15) is 9.18 Å². The van der Waals surface area contributed by atoms with Crippen molar-refractivity contribution < 1.29 is 13.7 Å². The van der Waals surface area contributed by atoms with Crippen LogP contribution in [0.4, 0.5) is 9.52 Å². The molecule has 30 heavy (non-hydrogen) atoms. The van der Waals surface area contributed by atoms with E-state index in [1.54, 1.807) is 37.5 Å². The molecule has 7 nitrogen and oxygen atoms in total. The van der Waals surface area contributed by atoms with Crippen molar-refractivity contribution in [1.82, 2.24) is 20.1 Å². The van der Waals surface area contributed by atoms with E-state index in [-0.39, 0.29) is 11.7 Å². The predicted octanol–water partition coefficient (Wildman–Crippen LogP) is 4.66. The lowest BCUT2D eigenvalue weighted by atomic mass is 10.1. The fourth-order valence-electron chi connectivity index (χ4n) is 2.82. The SMILES string of the molecule is Cc1cc(-c2csc(NC(=O)CCCc3nc(-c4cccnc4)no3)n2)ccc1F. The van der Waals surface area contributed by atoms with Gasteiger partial charge in [-0.05, 0) is 49.2 Å². The zero-order valence-electron chi connectivity index (χ0n) is 16.1. The van der Waals surface area contributed by atoms with Gasteiger partial charge in [0, 0.05) is 41.7 Å². The first kappa shape index (κ1) is 19.8. The Morgan fingerprint density at radius 2 is 2.13 bits per heavy atom. The maximum absolute atomic E-state index is 13.4. The summed E-state index contributed by atoms with van der Waals surface area (Å²) in [5.74, 6) is 0.563. The second-order valence-corrected chi connectivity index (χ2v) is 7.52. The smallest absolute Gasteiger partial charge is 0.226 e. The number of hydrogen-bond acceptors (Lipinski definition) is 7. The van der Waals surface area contributed by atoms with Crippen molar-refractivity contribution in [2.75, 3.05) is 5.32 Å². The number of aryl methyl sites for hydroxylation is 2. The monoisotopic (exact) mass is 423 g/mol. The highest BCUT2D eigenvalue weighted by Gasteiger charge is 2.12. The highest BCUT2D eigenvalue weighted by molar-refractivity contribution is 7.14. The largest absolute Gasteiger partial charge is 0.339 e. The van der Waals surface area contributed by atoms with E-state index in [2.05, 4.69) is 25.4 Å². The maximum atomic E-state index is 13.4. The fraction of sp³-hybridized carbons (Fsp3) is 0.190. The summed E-state index contributed by atoms with van der Waals surface area (Å²) < 4.78 is 18.7. The van der Waals surface area contributed by atoms with Gasteiger partial charge in [-0.3, -0.25) is 9.78 Å². The molecule has 4 aromatic rings. The van der Waals surface area contributed by atoms with Gasteiger partial charge in [-0.2, -0.15) is 4.98 Å². The number of benzene rings is 1. The average molecular weight is 423 g/mol. The maximum Gasteiger partial charge on any atom is 0.226 e. The highest BCUT2D eigenvalue weighted by Crippen LogP contribution is 2.26. The average Bonchev–Trinajstić information content (AvgIpc) is 3.41. The summed E-state index contributed by atoms with van der Waals surface area (Å²) in [6.45, 7) is 1.71. The zero-order valence-corrected chi connectivity index (χ0v) is 16.9. The van der Waals surface area contributed by atoms with Crippen LogP contribution in [-0.4, -0.2) is 26.0 Å². The summed E-state index contributed by atoms with van der Waals surface area (Å²) in [6, 6.07) is 8.48. The van der Waals surface area contributed by atoms with Gasteiger partial charge >= 0.3 is 0 Å². The molecule has 0 aliphatic carbocycles. The topological polar surface area (TPSA) is 93.8 Å². The number of hydrogen-bond donors (Lipinski definition) is 1. The number of rotatable bonds is 7. The van der Waals surface area contributed by atoms with E-state index in [0.717, 1.165) is 11.1 Å². The molecule has 0 fully saturated rings. The van der Waals surface area contributed by atoms with Crippen molar-refractivity contribution in [3.8, 4) is 22.6 Å². The molecule has 152 valence electrons. The number of anilines is 1. The lowest BCUT2D eigenvalue weighted by Gasteiger charge is -2.01.